The lowest BCUT2D eigenvalue weighted by molar-refractivity contribution is 0.0690. The van der Waals surface area contributed by atoms with Crippen molar-refractivity contribution in [1.29, 1.82) is 0 Å². The molecule has 4 rings (SSSR count). The van der Waals surface area contributed by atoms with Crippen molar-refractivity contribution in [2.75, 3.05) is 0 Å². The Morgan fingerprint density at radius 3 is 2.70 bits per heavy atom. The SMILES string of the molecule is O=C(O)c1c(-c2ccc3c(c2)CCCC3)nc2ccc(F)cn12. The number of hydrogen-bond donors (Lipinski definition) is 1. The van der Waals surface area contributed by atoms with Crippen LogP contribution in [0.1, 0.15) is 34.5 Å². The van der Waals surface area contributed by atoms with E-state index in [4.69, 9.17) is 0 Å². The number of rotatable bonds is 2. The molecule has 0 radical (unpaired) electrons. The minimum absolute atomic E-state index is 0.00439. The summed E-state index contributed by atoms with van der Waals surface area (Å²) in [7, 11) is 0. The number of carboxylic acids is 1. The van der Waals surface area contributed by atoms with Gasteiger partial charge in [-0.1, -0.05) is 12.1 Å². The Bertz CT molecular complexity index is 930. The Morgan fingerprint density at radius 1 is 1.13 bits per heavy atom. The Labute approximate surface area is 132 Å². The molecule has 0 atom stereocenters. The first-order chi connectivity index (χ1) is 11.1. The van der Waals surface area contributed by atoms with Crippen LogP contribution in [0.2, 0.25) is 0 Å². The predicted molar refractivity (Wildman–Crippen MR) is 84.2 cm³/mol. The van der Waals surface area contributed by atoms with Crippen molar-refractivity contribution < 1.29 is 14.3 Å². The van der Waals surface area contributed by atoms with Gasteiger partial charge in [0.15, 0.2) is 5.69 Å². The summed E-state index contributed by atoms with van der Waals surface area (Å²) >= 11 is 0. The van der Waals surface area contributed by atoms with Gasteiger partial charge >= 0.3 is 5.97 Å². The molecule has 1 aromatic carbocycles. The number of halogens is 1. The Morgan fingerprint density at radius 2 is 1.91 bits per heavy atom. The van der Waals surface area contributed by atoms with E-state index in [1.54, 1.807) is 0 Å². The first-order valence-corrected chi connectivity index (χ1v) is 7.66. The van der Waals surface area contributed by atoms with Gasteiger partial charge in [0.1, 0.15) is 17.2 Å². The van der Waals surface area contributed by atoms with Gasteiger partial charge in [-0.05, 0) is 55.0 Å². The van der Waals surface area contributed by atoms with Crippen LogP contribution in [-0.2, 0) is 12.8 Å². The minimum atomic E-state index is -1.11. The lowest BCUT2D eigenvalue weighted by atomic mass is 9.90. The third-order valence-corrected chi connectivity index (χ3v) is 4.41. The minimum Gasteiger partial charge on any atom is -0.476 e. The first kappa shape index (κ1) is 13.9. The van der Waals surface area contributed by atoms with Gasteiger partial charge in [0.05, 0.1) is 0 Å². The van der Waals surface area contributed by atoms with E-state index in [9.17, 15) is 14.3 Å². The van der Waals surface area contributed by atoms with Gasteiger partial charge in [-0.2, -0.15) is 0 Å². The maximum absolute atomic E-state index is 13.5. The predicted octanol–water partition coefficient (Wildman–Crippen LogP) is 3.72. The van der Waals surface area contributed by atoms with E-state index in [1.807, 2.05) is 12.1 Å². The van der Waals surface area contributed by atoms with Crippen LogP contribution in [0.15, 0.2) is 36.5 Å². The molecule has 5 heteroatoms. The molecule has 0 aliphatic heterocycles. The van der Waals surface area contributed by atoms with Crippen molar-refractivity contribution in [3.05, 3.63) is 59.2 Å². The van der Waals surface area contributed by atoms with Gasteiger partial charge in [0.25, 0.3) is 0 Å². The second-order valence-corrected chi connectivity index (χ2v) is 5.88. The van der Waals surface area contributed by atoms with E-state index in [-0.39, 0.29) is 5.69 Å². The molecule has 0 spiro atoms. The third-order valence-electron chi connectivity index (χ3n) is 4.41. The molecule has 1 N–H and O–H groups in total. The lowest BCUT2D eigenvalue weighted by Gasteiger charge is -2.16. The highest BCUT2D eigenvalue weighted by Crippen LogP contribution is 2.29. The molecule has 1 aliphatic carbocycles. The van der Waals surface area contributed by atoms with E-state index in [0.717, 1.165) is 31.0 Å². The van der Waals surface area contributed by atoms with Crippen LogP contribution in [0, 0.1) is 5.82 Å². The fourth-order valence-corrected chi connectivity index (χ4v) is 3.31. The van der Waals surface area contributed by atoms with Crippen LogP contribution in [0.25, 0.3) is 16.9 Å². The summed E-state index contributed by atoms with van der Waals surface area (Å²) in [6, 6.07) is 8.77. The van der Waals surface area contributed by atoms with Gasteiger partial charge in [-0.25, -0.2) is 14.2 Å². The number of aromatic carboxylic acids is 1. The molecule has 23 heavy (non-hydrogen) atoms. The molecule has 0 unspecified atom stereocenters. The van der Waals surface area contributed by atoms with Crippen LogP contribution < -0.4 is 0 Å². The number of aryl methyl sites for hydroxylation is 2. The number of nitrogens with zero attached hydrogens (tertiary/aromatic N) is 2. The maximum Gasteiger partial charge on any atom is 0.355 e. The smallest absolute Gasteiger partial charge is 0.355 e. The Balaban J connectivity index is 1.94. The average Bonchev–Trinajstić information content (AvgIpc) is 2.93. The monoisotopic (exact) mass is 310 g/mol. The molecule has 0 fully saturated rings. The first-order valence-electron chi connectivity index (χ1n) is 7.66. The second-order valence-electron chi connectivity index (χ2n) is 5.88. The quantitative estimate of drug-likeness (QED) is 0.785. The fourth-order valence-electron chi connectivity index (χ4n) is 3.31. The summed E-state index contributed by atoms with van der Waals surface area (Å²) in [5, 5.41) is 9.56. The third kappa shape index (κ3) is 2.29. The van der Waals surface area contributed by atoms with Gasteiger partial charge in [0, 0.05) is 11.8 Å². The summed E-state index contributed by atoms with van der Waals surface area (Å²) in [5.74, 6) is -1.61. The van der Waals surface area contributed by atoms with Crippen molar-refractivity contribution in [3.8, 4) is 11.3 Å². The highest BCUT2D eigenvalue weighted by Gasteiger charge is 2.21. The fraction of sp³-hybridized carbons (Fsp3) is 0.222. The van der Waals surface area contributed by atoms with Crippen molar-refractivity contribution in [1.82, 2.24) is 9.38 Å². The van der Waals surface area contributed by atoms with Crippen molar-refractivity contribution in [2.45, 2.75) is 25.7 Å². The van der Waals surface area contributed by atoms with E-state index < -0.39 is 11.8 Å². The molecule has 2 aromatic heterocycles. The zero-order valence-electron chi connectivity index (χ0n) is 12.4. The number of fused-ring (bicyclic) bond motifs is 2. The maximum atomic E-state index is 13.5. The number of hydrogen-bond acceptors (Lipinski definition) is 2. The van der Waals surface area contributed by atoms with Crippen LogP contribution >= 0.6 is 0 Å². The number of imidazole rings is 1. The van der Waals surface area contributed by atoms with Crippen LogP contribution in [-0.4, -0.2) is 20.5 Å². The topological polar surface area (TPSA) is 54.6 Å². The van der Waals surface area contributed by atoms with Crippen LogP contribution in [0.5, 0.6) is 0 Å². The van der Waals surface area contributed by atoms with Gasteiger partial charge in [-0.15, -0.1) is 0 Å². The molecular weight excluding hydrogens is 295 g/mol. The van der Waals surface area contributed by atoms with Crippen LogP contribution in [0.4, 0.5) is 4.39 Å². The van der Waals surface area contributed by atoms with Gasteiger partial charge in [0.2, 0.25) is 0 Å². The molecule has 0 bridgehead atoms. The molecule has 0 saturated carbocycles. The molecular formula is C18H15FN2O2. The van der Waals surface area contributed by atoms with E-state index in [2.05, 4.69) is 11.1 Å². The molecule has 0 amide bonds. The van der Waals surface area contributed by atoms with E-state index >= 15 is 0 Å². The molecule has 2 heterocycles. The number of aromatic nitrogens is 2. The van der Waals surface area contributed by atoms with Crippen molar-refractivity contribution in [2.24, 2.45) is 0 Å². The molecule has 116 valence electrons. The molecule has 4 nitrogen and oxygen atoms in total. The number of benzene rings is 1. The second kappa shape index (κ2) is 5.19. The molecule has 3 aromatic rings. The summed E-state index contributed by atoms with van der Waals surface area (Å²) in [5.41, 5.74) is 4.16. The normalized spacial score (nSPS) is 14.0. The average molecular weight is 310 g/mol. The molecule has 1 aliphatic rings. The zero-order valence-corrected chi connectivity index (χ0v) is 12.4. The zero-order chi connectivity index (χ0) is 16.0. The summed E-state index contributed by atoms with van der Waals surface area (Å²) in [6.45, 7) is 0. The van der Waals surface area contributed by atoms with Crippen molar-refractivity contribution >= 4 is 11.6 Å². The summed E-state index contributed by atoms with van der Waals surface area (Å²) in [6.07, 6.45) is 5.58. The molecule has 0 saturated heterocycles. The number of pyridine rings is 1. The summed E-state index contributed by atoms with van der Waals surface area (Å²) in [4.78, 5) is 16.1. The standard InChI is InChI=1S/C18H15FN2O2/c19-14-7-8-15-20-16(17(18(22)23)21(15)10-14)13-6-5-11-3-1-2-4-12(11)9-13/h5-10H,1-4H2,(H,22,23). The Hall–Kier alpha value is -2.69. The Kier molecular flexibility index (Phi) is 3.15. The largest absolute Gasteiger partial charge is 0.476 e. The van der Waals surface area contributed by atoms with Crippen LogP contribution in [0.3, 0.4) is 0 Å². The highest BCUT2D eigenvalue weighted by atomic mass is 19.1. The number of carboxylic acid groups (broad SMARTS) is 1. The van der Waals surface area contributed by atoms with Crippen molar-refractivity contribution in [3.63, 3.8) is 0 Å². The van der Waals surface area contributed by atoms with Gasteiger partial charge in [-0.3, -0.25) is 4.40 Å². The lowest BCUT2D eigenvalue weighted by Crippen LogP contribution is -2.05. The number of carbonyl (C=O) groups is 1. The highest BCUT2D eigenvalue weighted by molar-refractivity contribution is 5.94. The van der Waals surface area contributed by atoms with E-state index in [1.165, 1.54) is 34.1 Å². The van der Waals surface area contributed by atoms with Gasteiger partial charge < -0.3 is 5.11 Å². The summed E-state index contributed by atoms with van der Waals surface area (Å²) < 4.78 is 14.8. The van der Waals surface area contributed by atoms with E-state index in [0.29, 0.717) is 11.3 Å².